The third-order valence-electron chi connectivity index (χ3n) is 3.99. The van der Waals surface area contributed by atoms with E-state index in [0.717, 1.165) is 16.1 Å². The minimum Gasteiger partial charge on any atom is -0.497 e. The van der Waals surface area contributed by atoms with E-state index in [2.05, 4.69) is 5.32 Å². The van der Waals surface area contributed by atoms with Gasteiger partial charge in [0.25, 0.3) is 0 Å². The van der Waals surface area contributed by atoms with Gasteiger partial charge in [0.2, 0.25) is 15.9 Å². The number of anilines is 1. The second-order valence-corrected chi connectivity index (χ2v) is 8.33. The molecule has 6 nitrogen and oxygen atoms in total. The van der Waals surface area contributed by atoms with Crippen LogP contribution in [0, 0.1) is 0 Å². The zero-order valence-electron chi connectivity index (χ0n) is 15.5. The third kappa shape index (κ3) is 5.61. The largest absolute Gasteiger partial charge is 0.497 e. The molecular weight excluding hydrogens is 388 g/mol. The minimum atomic E-state index is -3.69. The molecule has 0 fully saturated rings. The van der Waals surface area contributed by atoms with E-state index in [1.54, 1.807) is 32.2 Å². The van der Waals surface area contributed by atoms with Gasteiger partial charge >= 0.3 is 0 Å². The molecular formula is C19H23ClN2O4S. The number of hydrogen-bond donors (Lipinski definition) is 1. The second-order valence-electron chi connectivity index (χ2n) is 6.03. The van der Waals surface area contributed by atoms with Crippen molar-refractivity contribution in [2.45, 2.75) is 25.9 Å². The molecule has 0 spiro atoms. The van der Waals surface area contributed by atoms with Crippen molar-refractivity contribution in [2.75, 3.05) is 17.7 Å². The number of rotatable bonds is 8. The first kappa shape index (κ1) is 21.1. The van der Waals surface area contributed by atoms with Crippen LogP contribution >= 0.6 is 11.6 Å². The third-order valence-corrected chi connectivity index (χ3v) is 5.41. The van der Waals surface area contributed by atoms with Gasteiger partial charge in [0, 0.05) is 11.6 Å². The number of hydrogen-bond acceptors (Lipinski definition) is 4. The number of methoxy groups -OCH3 is 1. The van der Waals surface area contributed by atoms with Gasteiger partial charge in [-0.15, -0.1) is 0 Å². The van der Waals surface area contributed by atoms with Crippen molar-refractivity contribution in [3.63, 3.8) is 0 Å². The molecule has 2 aromatic rings. The van der Waals surface area contributed by atoms with Gasteiger partial charge in [0.05, 0.1) is 19.1 Å². The zero-order chi connectivity index (χ0) is 20.0. The number of ether oxygens (including phenoxy) is 1. The van der Waals surface area contributed by atoms with Crippen LogP contribution in [0.2, 0.25) is 5.02 Å². The summed E-state index contributed by atoms with van der Waals surface area (Å²) in [6.45, 7) is 2.03. The van der Waals surface area contributed by atoms with Crippen molar-refractivity contribution in [3.05, 3.63) is 59.1 Å². The standard InChI is InChI=1S/C19H23ClN2O4S/c1-4-18(19(23)21-13-14-7-5-10-17(11-14)26-2)22(27(3,24)25)16-9-6-8-15(20)12-16/h5-12,18H,4,13H2,1-3H3,(H,21,23). The molecule has 1 amide bonds. The molecule has 8 heteroatoms. The zero-order valence-corrected chi connectivity index (χ0v) is 17.0. The summed E-state index contributed by atoms with van der Waals surface area (Å²) in [5.41, 5.74) is 1.21. The van der Waals surface area contributed by atoms with E-state index in [4.69, 9.17) is 16.3 Å². The Balaban J connectivity index is 2.24. The SMILES string of the molecule is CCC(C(=O)NCc1cccc(OC)c1)N(c1cccc(Cl)c1)S(C)(=O)=O. The molecule has 1 unspecified atom stereocenters. The van der Waals surface area contributed by atoms with Crippen molar-refractivity contribution in [1.82, 2.24) is 5.32 Å². The van der Waals surface area contributed by atoms with Crippen LogP contribution in [0.5, 0.6) is 5.75 Å². The Morgan fingerprint density at radius 3 is 2.52 bits per heavy atom. The molecule has 0 aliphatic heterocycles. The van der Waals surface area contributed by atoms with Crippen molar-refractivity contribution < 1.29 is 17.9 Å². The topological polar surface area (TPSA) is 75.7 Å². The fourth-order valence-corrected chi connectivity index (χ4v) is 4.15. The van der Waals surface area contributed by atoms with E-state index in [0.29, 0.717) is 22.9 Å². The second kappa shape index (κ2) is 9.10. The average Bonchev–Trinajstić information content (AvgIpc) is 2.63. The van der Waals surface area contributed by atoms with E-state index in [1.807, 2.05) is 24.3 Å². The smallest absolute Gasteiger partial charge is 0.244 e. The molecule has 146 valence electrons. The summed E-state index contributed by atoms with van der Waals surface area (Å²) in [7, 11) is -2.12. The maximum Gasteiger partial charge on any atom is 0.244 e. The highest BCUT2D eigenvalue weighted by Gasteiger charge is 2.31. The number of nitrogens with zero attached hydrogens (tertiary/aromatic N) is 1. The average molecular weight is 411 g/mol. The normalized spacial score (nSPS) is 12.3. The van der Waals surface area contributed by atoms with Crippen molar-refractivity contribution in [2.24, 2.45) is 0 Å². The quantitative estimate of drug-likeness (QED) is 0.725. The molecule has 0 aliphatic rings. The molecule has 0 heterocycles. The van der Waals surface area contributed by atoms with Crippen LogP contribution in [-0.4, -0.2) is 33.7 Å². The lowest BCUT2D eigenvalue weighted by molar-refractivity contribution is -0.122. The van der Waals surface area contributed by atoms with Crippen LogP contribution in [-0.2, 0) is 21.4 Å². The summed E-state index contributed by atoms with van der Waals surface area (Å²) in [4.78, 5) is 12.8. The Hall–Kier alpha value is -2.25. The number of carbonyl (C=O) groups excluding carboxylic acids is 1. The number of sulfonamides is 1. The highest BCUT2D eigenvalue weighted by molar-refractivity contribution is 7.92. The molecule has 0 radical (unpaired) electrons. The fourth-order valence-electron chi connectivity index (χ4n) is 2.76. The Labute approximate surface area is 165 Å². The molecule has 0 bridgehead atoms. The molecule has 27 heavy (non-hydrogen) atoms. The van der Waals surface area contributed by atoms with Gasteiger partial charge < -0.3 is 10.1 Å². The summed E-state index contributed by atoms with van der Waals surface area (Å²) in [5, 5.41) is 3.20. The maximum atomic E-state index is 12.8. The first-order chi connectivity index (χ1) is 12.8. The van der Waals surface area contributed by atoms with Crippen LogP contribution < -0.4 is 14.4 Å². The van der Waals surface area contributed by atoms with Gasteiger partial charge in [0.1, 0.15) is 11.8 Å². The van der Waals surface area contributed by atoms with Crippen LogP contribution in [0.1, 0.15) is 18.9 Å². The van der Waals surface area contributed by atoms with Crippen LogP contribution in [0.15, 0.2) is 48.5 Å². The van der Waals surface area contributed by atoms with Crippen LogP contribution in [0.4, 0.5) is 5.69 Å². The van der Waals surface area contributed by atoms with Gasteiger partial charge in [-0.05, 0) is 42.3 Å². The lowest BCUT2D eigenvalue weighted by atomic mass is 10.1. The van der Waals surface area contributed by atoms with E-state index >= 15 is 0 Å². The predicted octanol–water partition coefficient (Wildman–Crippen LogP) is 3.21. The molecule has 2 rings (SSSR count). The molecule has 2 aromatic carbocycles. The molecule has 1 atom stereocenters. The van der Waals surface area contributed by atoms with Gasteiger partial charge in [0.15, 0.2) is 0 Å². The maximum absolute atomic E-state index is 12.8. The van der Waals surface area contributed by atoms with Gasteiger partial charge in [-0.3, -0.25) is 9.10 Å². The Morgan fingerprint density at radius 1 is 1.22 bits per heavy atom. The lowest BCUT2D eigenvalue weighted by Gasteiger charge is -2.30. The molecule has 0 aromatic heterocycles. The van der Waals surface area contributed by atoms with E-state index in [-0.39, 0.29) is 12.5 Å². The number of amides is 1. The summed E-state index contributed by atoms with van der Waals surface area (Å²) in [6, 6.07) is 12.9. The fraction of sp³-hybridized carbons (Fsp3) is 0.316. The van der Waals surface area contributed by atoms with Crippen molar-refractivity contribution in [3.8, 4) is 5.75 Å². The summed E-state index contributed by atoms with van der Waals surface area (Å²) in [6.07, 6.45) is 1.38. The van der Waals surface area contributed by atoms with E-state index in [1.165, 1.54) is 6.07 Å². The number of carbonyl (C=O) groups is 1. The van der Waals surface area contributed by atoms with Gasteiger partial charge in [-0.2, -0.15) is 0 Å². The molecule has 0 saturated carbocycles. The van der Waals surface area contributed by atoms with E-state index in [9.17, 15) is 13.2 Å². The minimum absolute atomic E-state index is 0.264. The summed E-state index contributed by atoms with van der Waals surface area (Å²) in [5.74, 6) is 0.302. The Morgan fingerprint density at radius 2 is 1.93 bits per heavy atom. The van der Waals surface area contributed by atoms with Crippen molar-refractivity contribution >= 4 is 33.2 Å². The van der Waals surface area contributed by atoms with Crippen molar-refractivity contribution in [1.29, 1.82) is 0 Å². The first-order valence-electron chi connectivity index (χ1n) is 8.42. The number of nitrogens with one attached hydrogen (secondary N) is 1. The predicted molar refractivity (Wildman–Crippen MR) is 108 cm³/mol. The van der Waals surface area contributed by atoms with Crippen LogP contribution in [0.3, 0.4) is 0 Å². The number of halogens is 1. The van der Waals surface area contributed by atoms with Gasteiger partial charge in [-0.25, -0.2) is 8.42 Å². The molecule has 1 N–H and O–H groups in total. The highest BCUT2D eigenvalue weighted by atomic mass is 35.5. The molecule has 0 aliphatic carbocycles. The Bertz CT molecular complexity index is 902. The van der Waals surface area contributed by atoms with Crippen LogP contribution in [0.25, 0.3) is 0 Å². The highest BCUT2D eigenvalue weighted by Crippen LogP contribution is 2.25. The molecule has 0 saturated heterocycles. The van der Waals surface area contributed by atoms with Gasteiger partial charge in [-0.1, -0.05) is 36.7 Å². The monoisotopic (exact) mass is 410 g/mol. The first-order valence-corrected chi connectivity index (χ1v) is 10.6. The van der Waals surface area contributed by atoms with E-state index < -0.39 is 16.1 Å². The summed E-state index contributed by atoms with van der Waals surface area (Å²) >= 11 is 6.00. The lowest BCUT2D eigenvalue weighted by Crippen LogP contribution is -2.49. The summed E-state index contributed by atoms with van der Waals surface area (Å²) < 4.78 is 31.1. The number of benzene rings is 2. The Kier molecular flexibility index (Phi) is 7.10.